The molecule has 0 aliphatic carbocycles. The molecule has 0 spiro atoms. The predicted octanol–water partition coefficient (Wildman–Crippen LogP) is 2.90. The van der Waals surface area contributed by atoms with Gasteiger partial charge < -0.3 is 9.84 Å². The number of aryl methyl sites for hydroxylation is 1. The van der Waals surface area contributed by atoms with Gasteiger partial charge in [-0.25, -0.2) is 13.3 Å². The minimum absolute atomic E-state index is 0.0679. The minimum atomic E-state index is -0.809. The molecule has 1 N–H and O–H groups in total. The number of nitrogens with one attached hydrogen (secondary N) is 1. The summed E-state index contributed by atoms with van der Waals surface area (Å²) in [6, 6.07) is 7.10. The van der Waals surface area contributed by atoms with E-state index in [0.29, 0.717) is 11.1 Å². The molecule has 0 radical (unpaired) electrons. The van der Waals surface area contributed by atoms with E-state index in [1.807, 2.05) is 13.0 Å². The molecule has 0 saturated heterocycles. The van der Waals surface area contributed by atoms with Crippen LogP contribution in [0.1, 0.15) is 21.7 Å². The number of benzene rings is 1. The molecule has 0 unspecified atom stereocenters. The van der Waals surface area contributed by atoms with Gasteiger partial charge in [0.15, 0.2) is 5.82 Å². The van der Waals surface area contributed by atoms with Crippen LogP contribution in [-0.2, 0) is 6.54 Å². The molecule has 0 atom stereocenters. The number of hydrogen-bond acceptors (Lipinski definition) is 5. The van der Waals surface area contributed by atoms with Crippen LogP contribution in [0, 0.1) is 18.6 Å². The largest absolute Gasteiger partial charge is 0.344 e. The molecular weight excluding hydrogens is 356 g/mol. The van der Waals surface area contributed by atoms with Crippen molar-refractivity contribution in [3.05, 3.63) is 71.3 Å². The maximum absolute atomic E-state index is 13.8. The Labute approximate surface area is 151 Å². The minimum Gasteiger partial charge on any atom is -0.344 e. The first-order valence-electron chi connectivity index (χ1n) is 8.02. The van der Waals surface area contributed by atoms with E-state index in [1.165, 1.54) is 12.3 Å². The third-order valence-corrected chi connectivity index (χ3v) is 3.96. The Hall–Kier alpha value is -3.62. The van der Waals surface area contributed by atoms with Crippen LogP contribution < -0.4 is 5.32 Å². The summed E-state index contributed by atoms with van der Waals surface area (Å²) in [6.07, 6.45) is 3.26. The molecule has 0 aliphatic rings. The van der Waals surface area contributed by atoms with Crippen LogP contribution in [0.25, 0.3) is 17.0 Å². The van der Waals surface area contributed by atoms with Crippen molar-refractivity contribution in [3.63, 3.8) is 0 Å². The normalized spacial score (nSPS) is 11.1. The summed E-state index contributed by atoms with van der Waals surface area (Å²) in [4.78, 5) is 16.3. The van der Waals surface area contributed by atoms with Gasteiger partial charge in [0.05, 0.1) is 23.8 Å². The fourth-order valence-electron chi connectivity index (χ4n) is 2.65. The van der Waals surface area contributed by atoms with Crippen molar-refractivity contribution in [2.75, 3.05) is 0 Å². The number of carbonyl (C=O) groups is 1. The molecule has 0 aliphatic heterocycles. The average Bonchev–Trinajstić information content (AvgIpc) is 3.26. The Balaban J connectivity index is 1.51. The van der Waals surface area contributed by atoms with Crippen LogP contribution in [0.2, 0.25) is 0 Å². The molecule has 4 rings (SSSR count). The van der Waals surface area contributed by atoms with E-state index in [9.17, 15) is 13.6 Å². The number of halogens is 2. The predicted molar refractivity (Wildman–Crippen MR) is 90.7 cm³/mol. The Bertz CT molecular complexity index is 1130. The quantitative estimate of drug-likeness (QED) is 0.598. The van der Waals surface area contributed by atoms with Gasteiger partial charge >= 0.3 is 0 Å². The lowest BCUT2D eigenvalue weighted by Crippen LogP contribution is -2.23. The van der Waals surface area contributed by atoms with Crippen LogP contribution in [0.15, 0.2) is 47.2 Å². The van der Waals surface area contributed by atoms with Gasteiger partial charge in [0, 0.05) is 6.20 Å². The van der Waals surface area contributed by atoms with Crippen molar-refractivity contribution >= 4 is 11.4 Å². The number of hydrogen-bond donors (Lipinski definition) is 1. The van der Waals surface area contributed by atoms with Gasteiger partial charge in [-0.15, -0.1) is 0 Å². The van der Waals surface area contributed by atoms with Crippen molar-refractivity contribution in [2.45, 2.75) is 13.5 Å². The number of amides is 1. The number of aromatic nitrogens is 4. The Morgan fingerprint density at radius 3 is 2.78 bits per heavy atom. The maximum Gasteiger partial charge on any atom is 0.263 e. The van der Waals surface area contributed by atoms with E-state index in [1.54, 1.807) is 16.8 Å². The van der Waals surface area contributed by atoms with Gasteiger partial charge in [0.2, 0.25) is 0 Å². The fourth-order valence-corrected chi connectivity index (χ4v) is 2.65. The van der Waals surface area contributed by atoms with E-state index >= 15 is 0 Å². The molecule has 1 aromatic carbocycles. The van der Waals surface area contributed by atoms with E-state index < -0.39 is 17.2 Å². The van der Waals surface area contributed by atoms with E-state index in [-0.39, 0.29) is 24.2 Å². The van der Waals surface area contributed by atoms with Crippen molar-refractivity contribution in [3.8, 4) is 11.5 Å². The molecule has 1 amide bonds. The van der Waals surface area contributed by atoms with Crippen LogP contribution >= 0.6 is 0 Å². The van der Waals surface area contributed by atoms with Gasteiger partial charge in [0.25, 0.3) is 11.8 Å². The maximum atomic E-state index is 13.8. The van der Waals surface area contributed by atoms with Gasteiger partial charge in [-0.2, -0.15) is 10.1 Å². The average molecular weight is 369 g/mol. The zero-order valence-electron chi connectivity index (χ0n) is 14.1. The van der Waals surface area contributed by atoms with Gasteiger partial charge in [-0.1, -0.05) is 17.3 Å². The third kappa shape index (κ3) is 3.14. The van der Waals surface area contributed by atoms with E-state index in [2.05, 4.69) is 20.6 Å². The number of pyridine rings is 1. The molecule has 0 fully saturated rings. The first-order valence-corrected chi connectivity index (χ1v) is 8.02. The standard InChI is InChI=1S/C18H13F2N5O2/c1-10-5-6-14-11(7-22-25(14)9-10)17(26)21-8-15-23-18(27-24-15)16-12(19)3-2-4-13(16)20/h2-7,9H,8H2,1H3,(H,21,26). The third-order valence-electron chi connectivity index (χ3n) is 3.96. The van der Waals surface area contributed by atoms with Crippen LogP contribution in [0.5, 0.6) is 0 Å². The summed E-state index contributed by atoms with van der Waals surface area (Å²) in [7, 11) is 0. The van der Waals surface area contributed by atoms with Gasteiger partial charge in [-0.3, -0.25) is 4.79 Å². The smallest absolute Gasteiger partial charge is 0.263 e. The Kier molecular flexibility index (Phi) is 4.11. The van der Waals surface area contributed by atoms with Gasteiger partial charge in [-0.05, 0) is 30.7 Å². The lowest BCUT2D eigenvalue weighted by atomic mass is 10.2. The highest BCUT2D eigenvalue weighted by molar-refractivity contribution is 6.00. The second-order valence-corrected chi connectivity index (χ2v) is 5.89. The van der Waals surface area contributed by atoms with Crippen molar-refractivity contribution in [1.82, 2.24) is 25.1 Å². The molecule has 9 heteroatoms. The zero-order chi connectivity index (χ0) is 19.0. The Morgan fingerprint density at radius 1 is 1.22 bits per heavy atom. The molecule has 4 aromatic rings. The van der Waals surface area contributed by atoms with Crippen molar-refractivity contribution in [2.24, 2.45) is 0 Å². The first kappa shape index (κ1) is 16.8. The molecule has 7 nitrogen and oxygen atoms in total. The van der Waals surface area contributed by atoms with E-state index in [4.69, 9.17) is 4.52 Å². The lowest BCUT2D eigenvalue weighted by Gasteiger charge is -2.01. The summed E-state index contributed by atoms with van der Waals surface area (Å²) >= 11 is 0. The zero-order valence-corrected chi connectivity index (χ0v) is 14.1. The second kappa shape index (κ2) is 6.60. The van der Waals surface area contributed by atoms with Crippen molar-refractivity contribution < 1.29 is 18.1 Å². The highest BCUT2D eigenvalue weighted by Crippen LogP contribution is 2.24. The summed E-state index contributed by atoms with van der Waals surface area (Å²) in [5.74, 6) is -2.20. The molecule has 3 heterocycles. The molecular formula is C18H13F2N5O2. The summed E-state index contributed by atoms with van der Waals surface area (Å²) in [5, 5.41) is 10.4. The number of nitrogens with zero attached hydrogens (tertiary/aromatic N) is 4. The highest BCUT2D eigenvalue weighted by Gasteiger charge is 2.19. The molecule has 136 valence electrons. The fraction of sp³-hybridized carbons (Fsp3) is 0.111. The summed E-state index contributed by atoms with van der Waals surface area (Å²) in [5.41, 5.74) is 1.65. The number of carbonyl (C=O) groups excluding carboxylic acids is 1. The molecule has 3 aromatic heterocycles. The van der Waals surface area contributed by atoms with E-state index in [0.717, 1.165) is 17.7 Å². The Morgan fingerprint density at radius 2 is 2.00 bits per heavy atom. The monoisotopic (exact) mass is 369 g/mol. The summed E-state index contributed by atoms with van der Waals surface area (Å²) < 4.78 is 34.1. The molecule has 0 saturated carbocycles. The van der Waals surface area contributed by atoms with Gasteiger partial charge in [0.1, 0.15) is 17.2 Å². The SMILES string of the molecule is Cc1ccc2c(C(=O)NCc3noc(-c4c(F)cccc4F)n3)cnn2c1. The summed E-state index contributed by atoms with van der Waals surface area (Å²) in [6.45, 7) is 1.86. The molecule has 0 bridgehead atoms. The van der Waals surface area contributed by atoms with Crippen molar-refractivity contribution in [1.29, 1.82) is 0 Å². The topological polar surface area (TPSA) is 85.3 Å². The molecule has 27 heavy (non-hydrogen) atoms. The number of rotatable bonds is 4. The van der Waals surface area contributed by atoms with Crippen LogP contribution in [-0.4, -0.2) is 25.7 Å². The van der Waals surface area contributed by atoms with Crippen LogP contribution in [0.3, 0.4) is 0 Å². The highest BCUT2D eigenvalue weighted by atomic mass is 19.1. The first-order chi connectivity index (χ1) is 13.0. The lowest BCUT2D eigenvalue weighted by molar-refractivity contribution is 0.0951. The second-order valence-electron chi connectivity index (χ2n) is 5.89. The number of fused-ring (bicyclic) bond motifs is 1. The van der Waals surface area contributed by atoms with Crippen LogP contribution in [0.4, 0.5) is 8.78 Å².